The van der Waals surface area contributed by atoms with Gasteiger partial charge in [-0.25, -0.2) is 13.1 Å². The van der Waals surface area contributed by atoms with Crippen molar-refractivity contribution in [2.45, 2.75) is 17.8 Å². The fraction of sp³-hybridized carbons (Fsp3) is 1.00. The fourth-order valence-electron chi connectivity index (χ4n) is 0.955. The van der Waals surface area contributed by atoms with Crippen molar-refractivity contribution in [2.24, 2.45) is 5.73 Å². The highest BCUT2D eigenvalue weighted by Crippen LogP contribution is 2.08. The van der Waals surface area contributed by atoms with Gasteiger partial charge >= 0.3 is 5.76 Å². The smallest absolute Gasteiger partial charge is 0.350 e. The monoisotopic (exact) mass is 216 g/mol. The Kier molecular flexibility index (Phi) is 3.17. The van der Waals surface area contributed by atoms with E-state index >= 15 is 0 Å². The van der Waals surface area contributed by atoms with E-state index in [1.807, 2.05) is 0 Å². The molecule has 2 atom stereocenters. The zero-order chi connectivity index (χ0) is 10.1. The first-order valence-electron chi connectivity index (χ1n) is 3.56. The SMILES string of the molecule is NC1COCC1NS(=O)(=O)C(F)F. The molecule has 3 N–H and O–H groups in total. The van der Waals surface area contributed by atoms with E-state index in [1.165, 1.54) is 0 Å². The van der Waals surface area contributed by atoms with E-state index in [1.54, 1.807) is 4.72 Å². The van der Waals surface area contributed by atoms with E-state index in [0.717, 1.165) is 0 Å². The van der Waals surface area contributed by atoms with Gasteiger partial charge in [-0.1, -0.05) is 0 Å². The molecule has 1 aliphatic heterocycles. The minimum atomic E-state index is -4.56. The van der Waals surface area contributed by atoms with E-state index in [4.69, 9.17) is 10.5 Å². The lowest BCUT2D eigenvalue weighted by atomic mass is 10.2. The molecule has 13 heavy (non-hydrogen) atoms. The molecule has 0 aromatic rings. The highest BCUT2D eigenvalue weighted by atomic mass is 32.2. The van der Waals surface area contributed by atoms with Crippen LogP contribution in [0.15, 0.2) is 0 Å². The average molecular weight is 216 g/mol. The minimum Gasteiger partial charge on any atom is -0.378 e. The van der Waals surface area contributed by atoms with Crippen LogP contribution in [0.3, 0.4) is 0 Å². The topological polar surface area (TPSA) is 81.4 Å². The molecule has 1 heterocycles. The van der Waals surface area contributed by atoms with Gasteiger partial charge in [0.25, 0.3) is 10.0 Å². The molecule has 0 radical (unpaired) electrons. The molecule has 0 amide bonds. The number of sulfonamides is 1. The molecule has 1 rings (SSSR count). The molecule has 0 aliphatic carbocycles. The normalized spacial score (nSPS) is 29.8. The maximum atomic E-state index is 11.9. The Hall–Kier alpha value is -0.310. The molecular formula is C5H10F2N2O3S. The van der Waals surface area contributed by atoms with Crippen molar-refractivity contribution in [3.8, 4) is 0 Å². The highest BCUT2D eigenvalue weighted by Gasteiger charge is 2.33. The Morgan fingerprint density at radius 2 is 2.08 bits per heavy atom. The van der Waals surface area contributed by atoms with Crippen LogP contribution in [-0.2, 0) is 14.8 Å². The molecule has 1 fully saturated rings. The van der Waals surface area contributed by atoms with Crippen LogP contribution in [0.4, 0.5) is 8.78 Å². The zero-order valence-corrected chi connectivity index (χ0v) is 7.43. The number of halogens is 2. The standard InChI is InChI=1S/C5H10F2N2O3S/c6-5(7)13(10,11)9-4-2-12-1-3(4)8/h3-5,9H,1-2,8H2. The molecule has 1 aliphatic rings. The number of hydrogen-bond donors (Lipinski definition) is 2. The third kappa shape index (κ3) is 2.56. The maximum absolute atomic E-state index is 11.9. The van der Waals surface area contributed by atoms with Gasteiger partial charge in [0.15, 0.2) is 0 Å². The lowest BCUT2D eigenvalue weighted by Crippen LogP contribution is -2.48. The van der Waals surface area contributed by atoms with Gasteiger partial charge in [0, 0.05) is 6.04 Å². The van der Waals surface area contributed by atoms with Gasteiger partial charge in [-0.3, -0.25) is 0 Å². The Morgan fingerprint density at radius 3 is 2.46 bits per heavy atom. The molecule has 0 saturated carbocycles. The summed E-state index contributed by atoms with van der Waals surface area (Å²) in [6.07, 6.45) is 0. The molecular weight excluding hydrogens is 206 g/mol. The fourth-order valence-corrected chi connectivity index (χ4v) is 1.72. The predicted octanol–water partition coefficient (Wildman–Crippen LogP) is -1.15. The lowest BCUT2D eigenvalue weighted by molar-refractivity contribution is 0.189. The number of alkyl halides is 2. The van der Waals surface area contributed by atoms with Gasteiger partial charge in [0.1, 0.15) is 0 Å². The summed E-state index contributed by atoms with van der Waals surface area (Å²) in [7, 11) is -4.56. The van der Waals surface area contributed by atoms with E-state index in [2.05, 4.69) is 0 Å². The van der Waals surface area contributed by atoms with Crippen LogP contribution in [0.2, 0.25) is 0 Å². The minimum absolute atomic E-state index is 0.0348. The molecule has 2 unspecified atom stereocenters. The first-order chi connectivity index (χ1) is 5.93. The molecule has 0 bridgehead atoms. The van der Waals surface area contributed by atoms with Crippen LogP contribution in [-0.4, -0.2) is 39.5 Å². The second-order valence-corrected chi connectivity index (χ2v) is 4.41. The maximum Gasteiger partial charge on any atom is 0.350 e. The van der Waals surface area contributed by atoms with Crippen LogP contribution >= 0.6 is 0 Å². The van der Waals surface area contributed by atoms with Crippen LogP contribution in [0.25, 0.3) is 0 Å². The molecule has 0 aromatic heterocycles. The molecule has 78 valence electrons. The van der Waals surface area contributed by atoms with Gasteiger partial charge in [-0.05, 0) is 0 Å². The molecule has 8 heteroatoms. The van der Waals surface area contributed by atoms with Crippen LogP contribution in [0, 0.1) is 0 Å². The van der Waals surface area contributed by atoms with E-state index in [9.17, 15) is 17.2 Å². The molecule has 0 aromatic carbocycles. The largest absolute Gasteiger partial charge is 0.378 e. The van der Waals surface area contributed by atoms with E-state index in [0.29, 0.717) is 0 Å². The Balaban J connectivity index is 2.58. The third-order valence-corrected chi connectivity index (χ3v) is 2.78. The first-order valence-corrected chi connectivity index (χ1v) is 5.11. The van der Waals surface area contributed by atoms with Crippen LogP contribution < -0.4 is 10.5 Å². The van der Waals surface area contributed by atoms with Crippen molar-refractivity contribution in [1.82, 2.24) is 4.72 Å². The molecule has 5 nitrogen and oxygen atoms in total. The number of rotatable bonds is 3. The Bertz CT molecular complexity index is 269. The van der Waals surface area contributed by atoms with E-state index in [-0.39, 0.29) is 13.2 Å². The number of nitrogens with two attached hydrogens (primary N) is 1. The van der Waals surface area contributed by atoms with Crippen molar-refractivity contribution in [3.05, 3.63) is 0 Å². The number of hydrogen-bond acceptors (Lipinski definition) is 4. The number of nitrogens with one attached hydrogen (secondary N) is 1. The second kappa shape index (κ2) is 3.82. The Labute approximate surface area is 74.3 Å². The van der Waals surface area contributed by atoms with Crippen molar-refractivity contribution in [1.29, 1.82) is 0 Å². The lowest BCUT2D eigenvalue weighted by Gasteiger charge is -2.14. The van der Waals surface area contributed by atoms with Gasteiger partial charge in [0.2, 0.25) is 0 Å². The summed E-state index contributed by atoms with van der Waals surface area (Å²) < 4.78 is 51.6. The van der Waals surface area contributed by atoms with Gasteiger partial charge in [-0.2, -0.15) is 8.78 Å². The predicted molar refractivity (Wildman–Crippen MR) is 40.6 cm³/mol. The van der Waals surface area contributed by atoms with Crippen LogP contribution in [0.1, 0.15) is 0 Å². The van der Waals surface area contributed by atoms with Crippen molar-refractivity contribution >= 4 is 10.0 Å². The van der Waals surface area contributed by atoms with Gasteiger partial charge in [-0.15, -0.1) is 0 Å². The molecule has 1 saturated heterocycles. The summed E-state index contributed by atoms with van der Waals surface area (Å²) >= 11 is 0. The highest BCUT2D eigenvalue weighted by molar-refractivity contribution is 7.89. The van der Waals surface area contributed by atoms with Crippen LogP contribution in [0.5, 0.6) is 0 Å². The quantitative estimate of drug-likeness (QED) is 0.624. The Morgan fingerprint density at radius 1 is 1.46 bits per heavy atom. The summed E-state index contributed by atoms with van der Waals surface area (Å²) in [4.78, 5) is 0. The number of ether oxygens (including phenoxy) is 1. The summed E-state index contributed by atoms with van der Waals surface area (Å²) in [6, 6.07) is -1.31. The summed E-state index contributed by atoms with van der Waals surface area (Å²) in [6.45, 7) is 0.212. The second-order valence-electron chi connectivity index (χ2n) is 2.73. The molecule has 0 spiro atoms. The van der Waals surface area contributed by atoms with Gasteiger partial charge < -0.3 is 10.5 Å². The first kappa shape index (κ1) is 10.8. The van der Waals surface area contributed by atoms with Crippen molar-refractivity contribution < 1.29 is 21.9 Å². The summed E-state index contributed by atoms with van der Waals surface area (Å²) in [5.41, 5.74) is 5.39. The van der Waals surface area contributed by atoms with Crippen molar-refractivity contribution in [2.75, 3.05) is 13.2 Å². The summed E-state index contributed by atoms with van der Waals surface area (Å²) in [5, 5.41) is 0. The van der Waals surface area contributed by atoms with Crippen molar-refractivity contribution in [3.63, 3.8) is 0 Å². The van der Waals surface area contributed by atoms with Gasteiger partial charge in [0.05, 0.1) is 19.3 Å². The third-order valence-electron chi connectivity index (χ3n) is 1.67. The summed E-state index contributed by atoms with van der Waals surface area (Å²) in [5.74, 6) is -3.43. The zero-order valence-electron chi connectivity index (χ0n) is 6.61. The van der Waals surface area contributed by atoms with E-state index < -0.39 is 27.9 Å². The average Bonchev–Trinajstić information content (AvgIpc) is 2.35.